The van der Waals surface area contributed by atoms with Gasteiger partial charge >= 0.3 is 0 Å². The van der Waals surface area contributed by atoms with Crippen LogP contribution in [0.1, 0.15) is 45.4 Å². The van der Waals surface area contributed by atoms with Crippen molar-refractivity contribution >= 4 is 17.5 Å². The Morgan fingerprint density at radius 2 is 2.05 bits per heavy atom. The molecule has 2 rings (SSSR count). The summed E-state index contributed by atoms with van der Waals surface area (Å²) < 4.78 is 0. The van der Waals surface area contributed by atoms with Crippen molar-refractivity contribution in [2.45, 2.75) is 45.6 Å². The lowest BCUT2D eigenvalue weighted by Gasteiger charge is -2.14. The molecule has 1 unspecified atom stereocenters. The first kappa shape index (κ1) is 14.6. The number of rotatable bonds is 6. The molecule has 6 nitrogen and oxygen atoms in total. The fraction of sp³-hybridized carbons (Fsp3) is 0.643. The number of aromatic nitrogens is 2. The van der Waals surface area contributed by atoms with Crippen molar-refractivity contribution in [3.63, 3.8) is 0 Å². The van der Waals surface area contributed by atoms with Crippen LogP contribution < -0.4 is 16.0 Å². The van der Waals surface area contributed by atoms with E-state index in [1.165, 1.54) is 0 Å². The Morgan fingerprint density at radius 3 is 2.60 bits per heavy atom. The number of nitrogens with zero attached hydrogens (tertiary/aromatic N) is 2. The molecule has 3 N–H and O–H groups in total. The summed E-state index contributed by atoms with van der Waals surface area (Å²) in [5.74, 6) is 2.88. The molecule has 110 valence electrons. The van der Waals surface area contributed by atoms with E-state index in [0.717, 1.165) is 30.4 Å². The molecular weight excluding hydrogens is 254 g/mol. The molecule has 1 atom stereocenters. The van der Waals surface area contributed by atoms with Gasteiger partial charge in [-0.2, -0.15) is 0 Å². The molecule has 20 heavy (non-hydrogen) atoms. The van der Waals surface area contributed by atoms with Gasteiger partial charge in [0, 0.05) is 37.5 Å². The van der Waals surface area contributed by atoms with Crippen LogP contribution >= 0.6 is 0 Å². The summed E-state index contributed by atoms with van der Waals surface area (Å²) in [6.45, 7) is 7.72. The van der Waals surface area contributed by atoms with E-state index >= 15 is 0 Å². The van der Waals surface area contributed by atoms with E-state index < -0.39 is 0 Å². The maximum Gasteiger partial charge on any atom is 0.220 e. The molecule has 6 heteroatoms. The summed E-state index contributed by atoms with van der Waals surface area (Å²) in [5.41, 5.74) is 0. The molecule has 0 bridgehead atoms. The first-order valence-corrected chi connectivity index (χ1v) is 7.24. The predicted molar refractivity (Wildman–Crippen MR) is 79.9 cm³/mol. The molecule has 0 spiro atoms. The highest BCUT2D eigenvalue weighted by molar-refractivity contribution is 5.78. The van der Waals surface area contributed by atoms with Crippen molar-refractivity contribution in [2.24, 2.45) is 0 Å². The highest BCUT2D eigenvalue weighted by Gasteiger charge is 2.20. The van der Waals surface area contributed by atoms with E-state index in [1.54, 1.807) is 0 Å². The smallest absolute Gasteiger partial charge is 0.220 e. The number of amides is 1. The molecule has 1 aromatic heterocycles. The first-order chi connectivity index (χ1) is 9.58. The molecule has 1 saturated heterocycles. The number of hydrogen-bond acceptors (Lipinski definition) is 5. The van der Waals surface area contributed by atoms with Gasteiger partial charge in [0.2, 0.25) is 5.91 Å². The van der Waals surface area contributed by atoms with Crippen LogP contribution in [0.2, 0.25) is 0 Å². The minimum Gasteiger partial charge on any atom is -0.370 e. The van der Waals surface area contributed by atoms with Gasteiger partial charge in [0.25, 0.3) is 0 Å². The number of hydrogen-bond donors (Lipinski definition) is 3. The van der Waals surface area contributed by atoms with Gasteiger partial charge < -0.3 is 16.0 Å². The Bertz CT molecular complexity index is 475. The van der Waals surface area contributed by atoms with Crippen LogP contribution in [0.15, 0.2) is 6.07 Å². The Kier molecular flexibility index (Phi) is 4.76. The first-order valence-electron chi connectivity index (χ1n) is 7.24. The Morgan fingerprint density at radius 1 is 1.35 bits per heavy atom. The second kappa shape index (κ2) is 6.54. The third kappa shape index (κ3) is 3.82. The van der Waals surface area contributed by atoms with Crippen molar-refractivity contribution in [1.82, 2.24) is 15.3 Å². The van der Waals surface area contributed by atoms with Crippen LogP contribution in [0.3, 0.4) is 0 Å². The van der Waals surface area contributed by atoms with Gasteiger partial charge in [-0.15, -0.1) is 0 Å². The molecule has 0 radical (unpaired) electrons. The Balaban J connectivity index is 2.03. The number of anilines is 2. The summed E-state index contributed by atoms with van der Waals surface area (Å²) in [7, 11) is 0. The van der Waals surface area contributed by atoms with Gasteiger partial charge in [0.1, 0.15) is 17.5 Å². The Hall–Kier alpha value is -1.85. The number of nitrogens with one attached hydrogen (secondary N) is 3. The van der Waals surface area contributed by atoms with E-state index in [9.17, 15) is 4.79 Å². The van der Waals surface area contributed by atoms with Gasteiger partial charge in [-0.05, 0) is 13.3 Å². The quantitative estimate of drug-likeness (QED) is 0.738. The standard InChI is InChI=1S/C14H23N5O/c1-4-15-11-7-12(19-14(18-11)9(2)3)16-8-10-5-6-13(20)17-10/h7,9-10H,4-6,8H2,1-3H3,(H,17,20)(H2,15,16,18,19). The normalized spacial score (nSPS) is 18.2. The van der Waals surface area contributed by atoms with Crippen LogP contribution in [0.5, 0.6) is 0 Å². The highest BCUT2D eigenvalue weighted by Crippen LogP contribution is 2.17. The zero-order valence-corrected chi connectivity index (χ0v) is 12.4. The van der Waals surface area contributed by atoms with Gasteiger partial charge in [-0.25, -0.2) is 9.97 Å². The minimum atomic E-state index is 0.135. The lowest BCUT2D eigenvalue weighted by atomic mass is 10.2. The summed E-state index contributed by atoms with van der Waals surface area (Å²) in [4.78, 5) is 20.2. The fourth-order valence-corrected chi connectivity index (χ4v) is 2.14. The maximum atomic E-state index is 11.2. The molecule has 1 fully saturated rings. The zero-order valence-electron chi connectivity index (χ0n) is 12.4. The second-order valence-corrected chi connectivity index (χ2v) is 5.37. The summed E-state index contributed by atoms with van der Waals surface area (Å²) in [6, 6.07) is 2.11. The van der Waals surface area contributed by atoms with Gasteiger partial charge in [-0.3, -0.25) is 4.79 Å². The highest BCUT2D eigenvalue weighted by atomic mass is 16.1. The van der Waals surface area contributed by atoms with E-state index in [0.29, 0.717) is 13.0 Å². The minimum absolute atomic E-state index is 0.135. The van der Waals surface area contributed by atoms with Crippen molar-refractivity contribution in [3.8, 4) is 0 Å². The summed E-state index contributed by atoms with van der Waals surface area (Å²) >= 11 is 0. The number of carbonyl (C=O) groups excluding carboxylic acids is 1. The van der Waals surface area contributed by atoms with E-state index in [2.05, 4.69) is 39.8 Å². The average molecular weight is 277 g/mol. The third-order valence-corrected chi connectivity index (χ3v) is 3.23. The molecule has 0 saturated carbocycles. The zero-order chi connectivity index (χ0) is 14.5. The molecule has 0 aromatic carbocycles. The second-order valence-electron chi connectivity index (χ2n) is 5.37. The molecule has 1 aliphatic heterocycles. The summed E-state index contributed by atoms with van der Waals surface area (Å²) in [5, 5.41) is 9.45. The lowest BCUT2D eigenvalue weighted by Crippen LogP contribution is -2.32. The fourth-order valence-electron chi connectivity index (χ4n) is 2.14. The van der Waals surface area contributed by atoms with Gasteiger partial charge in [0.15, 0.2) is 0 Å². The molecule has 2 heterocycles. The van der Waals surface area contributed by atoms with Gasteiger partial charge in [0.05, 0.1) is 0 Å². The SMILES string of the molecule is CCNc1cc(NCC2CCC(=O)N2)nc(C(C)C)n1. The maximum absolute atomic E-state index is 11.2. The van der Waals surface area contributed by atoms with E-state index in [4.69, 9.17) is 0 Å². The molecule has 0 aliphatic carbocycles. The van der Waals surface area contributed by atoms with Crippen molar-refractivity contribution in [1.29, 1.82) is 0 Å². The molecule has 1 aromatic rings. The van der Waals surface area contributed by atoms with Crippen LogP contribution in [-0.4, -0.2) is 35.0 Å². The van der Waals surface area contributed by atoms with Crippen molar-refractivity contribution in [3.05, 3.63) is 11.9 Å². The van der Waals surface area contributed by atoms with Crippen LogP contribution in [-0.2, 0) is 4.79 Å². The Labute approximate surface area is 119 Å². The van der Waals surface area contributed by atoms with E-state index in [-0.39, 0.29) is 17.9 Å². The molecule has 1 aliphatic rings. The third-order valence-electron chi connectivity index (χ3n) is 3.23. The average Bonchev–Trinajstić information content (AvgIpc) is 2.82. The number of carbonyl (C=O) groups is 1. The van der Waals surface area contributed by atoms with Gasteiger partial charge in [-0.1, -0.05) is 13.8 Å². The van der Waals surface area contributed by atoms with Crippen LogP contribution in [0.25, 0.3) is 0 Å². The van der Waals surface area contributed by atoms with Crippen molar-refractivity contribution in [2.75, 3.05) is 23.7 Å². The van der Waals surface area contributed by atoms with Crippen LogP contribution in [0, 0.1) is 0 Å². The molecular formula is C14H23N5O. The lowest BCUT2D eigenvalue weighted by molar-refractivity contribution is -0.119. The van der Waals surface area contributed by atoms with E-state index in [1.807, 2.05) is 13.0 Å². The largest absolute Gasteiger partial charge is 0.370 e. The molecule has 1 amide bonds. The topological polar surface area (TPSA) is 78.9 Å². The van der Waals surface area contributed by atoms with Crippen molar-refractivity contribution < 1.29 is 4.79 Å². The summed E-state index contributed by atoms with van der Waals surface area (Å²) in [6.07, 6.45) is 1.50. The predicted octanol–water partition coefficient (Wildman–Crippen LogP) is 1.72. The monoisotopic (exact) mass is 277 g/mol. The van der Waals surface area contributed by atoms with Crippen LogP contribution in [0.4, 0.5) is 11.6 Å².